The number of aliphatic hydroxyl groups is 4. The summed E-state index contributed by atoms with van der Waals surface area (Å²) in [7, 11) is 0. The average molecular weight is 429 g/mol. The number of aldehydes is 4. The van der Waals surface area contributed by atoms with E-state index in [1.165, 1.54) is 0 Å². The molecule has 0 heterocycles. The van der Waals surface area contributed by atoms with Crippen LogP contribution in [0.1, 0.15) is 51.0 Å². The number of carbonyl (C=O) groups excluding carboxylic acids is 4. The Morgan fingerprint density at radius 3 is 0.714 bits per heavy atom. The molecular weight excluding hydrogens is 376 g/mol. The second kappa shape index (κ2) is 215. The lowest BCUT2D eigenvalue weighted by Gasteiger charge is -1.56. The summed E-state index contributed by atoms with van der Waals surface area (Å²) in [5.74, 6) is 0. The number of hydrogen-bond donors (Lipinski definition) is 8. The molecule has 0 atom stereocenters. The third-order valence-corrected chi connectivity index (χ3v) is 0.363. The summed E-state index contributed by atoms with van der Waals surface area (Å²) in [6, 6.07) is 0. The SMILES string of the molecule is C.C.C.C.C.C.NCC=O.NCN.NCO.O=CCC=O.O=CCO.OCO. The monoisotopic (exact) mass is 428 g/mol. The van der Waals surface area contributed by atoms with Crippen LogP contribution >= 0.6 is 0 Å². The van der Waals surface area contributed by atoms with Crippen molar-refractivity contribution < 1.29 is 39.6 Å². The van der Waals surface area contributed by atoms with E-state index in [9.17, 15) is 9.59 Å². The van der Waals surface area contributed by atoms with Gasteiger partial charge in [0.15, 0.2) is 0 Å². The summed E-state index contributed by atoms with van der Waals surface area (Å²) in [6.07, 6.45) is 2.24. The Morgan fingerprint density at radius 1 is 0.571 bits per heavy atom. The molecule has 0 aromatic heterocycles. The molecule has 0 radical (unpaired) electrons. The molecule has 0 aliphatic carbocycles. The highest BCUT2D eigenvalue weighted by Crippen LogP contribution is 1.50. The van der Waals surface area contributed by atoms with Crippen LogP contribution in [0.5, 0.6) is 0 Å². The van der Waals surface area contributed by atoms with E-state index < -0.39 is 6.79 Å². The summed E-state index contributed by atoms with van der Waals surface area (Å²) in [5.41, 5.74) is 18.3. The summed E-state index contributed by atoms with van der Waals surface area (Å²) >= 11 is 0. The first-order valence-electron chi connectivity index (χ1n) is 5.47. The van der Waals surface area contributed by atoms with Gasteiger partial charge in [0.1, 0.15) is 31.9 Å². The molecule has 0 saturated carbocycles. The molecule has 0 fully saturated rings. The van der Waals surface area contributed by atoms with Crippen molar-refractivity contribution in [1.82, 2.24) is 0 Å². The van der Waals surface area contributed by atoms with Gasteiger partial charge in [0.2, 0.25) is 0 Å². The summed E-state index contributed by atoms with van der Waals surface area (Å²) in [4.78, 5) is 36.3. The molecule has 12 N–H and O–H groups in total. The number of rotatable bonds is 4. The highest BCUT2D eigenvalue weighted by atomic mass is 16.5. The third-order valence-electron chi connectivity index (χ3n) is 0.363. The summed E-state index contributed by atoms with van der Waals surface area (Å²) in [6.45, 7) is -0.972. The minimum atomic E-state index is -0.750. The van der Waals surface area contributed by atoms with Crippen LogP contribution in [0.2, 0.25) is 0 Å². The molecule has 28 heavy (non-hydrogen) atoms. The number of aliphatic hydroxyl groups excluding tert-OH is 3. The van der Waals surface area contributed by atoms with Crippen LogP contribution in [0, 0.1) is 0 Å². The average Bonchev–Trinajstić information content (AvgIpc) is 2.51. The second-order valence-corrected chi connectivity index (χ2v) is 1.88. The van der Waals surface area contributed by atoms with Gasteiger partial charge in [-0.05, 0) is 0 Å². The zero-order valence-electron chi connectivity index (χ0n) is 12.3. The minimum absolute atomic E-state index is 0. The maximum absolute atomic E-state index is 9.17. The molecule has 0 aromatic carbocycles. The van der Waals surface area contributed by atoms with E-state index in [4.69, 9.17) is 30.0 Å². The Labute approximate surface area is 172 Å². The van der Waals surface area contributed by atoms with Gasteiger partial charge in [-0.15, -0.1) is 0 Å². The summed E-state index contributed by atoms with van der Waals surface area (Å²) in [5, 5.41) is 29.1. The van der Waals surface area contributed by atoms with E-state index >= 15 is 0 Å². The van der Waals surface area contributed by atoms with Crippen LogP contribution in [-0.2, 0) is 19.2 Å². The van der Waals surface area contributed by atoms with E-state index in [1.807, 2.05) is 0 Å². The number of nitrogens with two attached hydrogens (primary N) is 4. The van der Waals surface area contributed by atoms with Crippen LogP contribution in [0.25, 0.3) is 0 Å². The molecular formula is C16H52N4O8. The lowest BCUT2D eigenvalue weighted by molar-refractivity contribution is -0.114. The maximum Gasteiger partial charge on any atom is 0.145 e. The van der Waals surface area contributed by atoms with Crippen molar-refractivity contribution in [1.29, 1.82) is 0 Å². The van der Waals surface area contributed by atoms with E-state index in [2.05, 4.69) is 22.9 Å². The summed E-state index contributed by atoms with van der Waals surface area (Å²) < 4.78 is 0. The molecule has 12 heteroatoms. The molecule has 184 valence electrons. The molecule has 0 amide bonds. The molecule has 0 aromatic rings. The predicted molar refractivity (Wildman–Crippen MR) is 119 cm³/mol. The van der Waals surface area contributed by atoms with Crippen LogP contribution in [0.4, 0.5) is 0 Å². The Hall–Kier alpha value is -1.64. The van der Waals surface area contributed by atoms with Crippen LogP contribution in [0.15, 0.2) is 0 Å². The van der Waals surface area contributed by atoms with Crippen molar-refractivity contribution >= 4 is 25.1 Å². The predicted octanol–water partition coefficient (Wildman–Crippen LogP) is -1.40. The smallest absolute Gasteiger partial charge is 0.145 e. The van der Waals surface area contributed by atoms with Gasteiger partial charge in [0.05, 0.1) is 19.8 Å². The fraction of sp³-hybridized carbons (Fsp3) is 0.750. The van der Waals surface area contributed by atoms with E-state index in [1.54, 1.807) is 0 Å². The molecule has 0 aliphatic rings. The van der Waals surface area contributed by atoms with Crippen molar-refractivity contribution in [3.05, 3.63) is 0 Å². The van der Waals surface area contributed by atoms with Crippen LogP contribution in [-0.4, -0.2) is 78.9 Å². The number of hydrogen-bond acceptors (Lipinski definition) is 12. The first kappa shape index (κ1) is 82.2. The Morgan fingerprint density at radius 2 is 0.714 bits per heavy atom. The molecule has 0 bridgehead atoms. The molecule has 0 rings (SSSR count). The fourth-order valence-corrected chi connectivity index (χ4v) is 0.0393. The van der Waals surface area contributed by atoms with Gasteiger partial charge < -0.3 is 62.5 Å². The van der Waals surface area contributed by atoms with Crippen molar-refractivity contribution in [2.45, 2.75) is 51.0 Å². The topological polar surface area (TPSA) is 253 Å². The first-order chi connectivity index (χ1) is 10.5. The van der Waals surface area contributed by atoms with Crippen LogP contribution < -0.4 is 22.9 Å². The minimum Gasteiger partial charge on any atom is -0.389 e. The second-order valence-electron chi connectivity index (χ2n) is 1.88. The largest absolute Gasteiger partial charge is 0.389 e. The van der Waals surface area contributed by atoms with Crippen molar-refractivity contribution in [3.63, 3.8) is 0 Å². The Bertz CT molecular complexity index is 162. The highest BCUT2D eigenvalue weighted by molar-refractivity contribution is 5.72. The first-order valence-corrected chi connectivity index (χ1v) is 5.47. The Kier molecular flexibility index (Phi) is 632. The zero-order chi connectivity index (χ0) is 19.1. The molecule has 0 saturated heterocycles. The maximum atomic E-state index is 9.17. The van der Waals surface area contributed by atoms with Gasteiger partial charge in [-0.3, -0.25) is 0 Å². The quantitative estimate of drug-likeness (QED) is 0.146. The molecule has 0 unspecified atom stereocenters. The van der Waals surface area contributed by atoms with Crippen molar-refractivity contribution in [2.75, 3.05) is 33.3 Å². The van der Waals surface area contributed by atoms with Gasteiger partial charge in [0, 0.05) is 13.2 Å². The molecule has 12 nitrogen and oxygen atoms in total. The highest BCUT2D eigenvalue weighted by Gasteiger charge is 1.65. The molecule has 0 spiro atoms. The fourth-order valence-electron chi connectivity index (χ4n) is 0.0393. The van der Waals surface area contributed by atoms with Gasteiger partial charge in [0.25, 0.3) is 0 Å². The Balaban J connectivity index is -0.0000000106. The van der Waals surface area contributed by atoms with E-state index in [-0.39, 0.29) is 77.5 Å². The lowest BCUT2D eigenvalue weighted by atomic mass is 10.6. The van der Waals surface area contributed by atoms with Gasteiger partial charge in [-0.1, -0.05) is 44.6 Å². The zero-order valence-corrected chi connectivity index (χ0v) is 12.3. The third kappa shape index (κ3) is 2390. The number of carbonyl (C=O) groups is 4. The lowest BCUT2D eigenvalue weighted by Crippen LogP contribution is -2.08. The van der Waals surface area contributed by atoms with E-state index in [0.29, 0.717) is 25.1 Å². The van der Waals surface area contributed by atoms with E-state index in [0.717, 1.165) is 0 Å². The molecule has 0 aliphatic heterocycles. The van der Waals surface area contributed by atoms with Gasteiger partial charge >= 0.3 is 0 Å². The van der Waals surface area contributed by atoms with Crippen LogP contribution in [0.3, 0.4) is 0 Å². The normalized spacial score (nSPS) is 4.86. The van der Waals surface area contributed by atoms with Crippen molar-refractivity contribution in [3.8, 4) is 0 Å². The van der Waals surface area contributed by atoms with Gasteiger partial charge in [-0.2, -0.15) is 0 Å². The van der Waals surface area contributed by atoms with Gasteiger partial charge in [-0.25, -0.2) is 0 Å². The van der Waals surface area contributed by atoms with Crippen molar-refractivity contribution in [2.24, 2.45) is 22.9 Å². The standard InChI is InChI=1S/C3H4O2.C2H5NO.C2H4O2.CH6N2.CH5NO.CH4O2.6CH4/c4-2-1-3-5;2*3-1-2-4;3*2-1-3;;;;;;/h2-3H,1H2;2H,1,3H2;1,4H,2H2;1-3H2;3H,1-2H2;2-3H,1H2;6*1H4.